The second-order valence-electron chi connectivity index (χ2n) is 5.98. The van der Waals surface area contributed by atoms with Gasteiger partial charge in [-0.3, -0.25) is 15.1 Å². The van der Waals surface area contributed by atoms with Crippen molar-refractivity contribution in [1.29, 1.82) is 0 Å². The zero-order valence-electron chi connectivity index (χ0n) is 14.0. The minimum Gasteiger partial charge on any atom is -0.324 e. The predicted octanol–water partition coefficient (Wildman–Crippen LogP) is 3.31. The monoisotopic (exact) mass is 338 g/mol. The van der Waals surface area contributed by atoms with E-state index in [0.717, 1.165) is 11.0 Å². The molecule has 0 fully saturated rings. The minimum absolute atomic E-state index is 0.0393. The zero-order valence-corrected chi connectivity index (χ0v) is 14.0. The van der Waals surface area contributed by atoms with Crippen molar-refractivity contribution in [2.45, 2.75) is 13.8 Å². The molecular weight excluding hydrogens is 320 g/mol. The lowest BCUT2D eigenvalue weighted by atomic mass is 10.2. The molecule has 25 heavy (non-hydrogen) atoms. The molecule has 0 aliphatic carbocycles. The van der Waals surface area contributed by atoms with Gasteiger partial charge in [0.05, 0.1) is 10.4 Å². The summed E-state index contributed by atoms with van der Waals surface area (Å²) in [5.74, 6) is 0.902. The minimum atomic E-state index is -0.428. The van der Waals surface area contributed by atoms with E-state index in [1.165, 1.54) is 12.1 Å². The summed E-state index contributed by atoms with van der Waals surface area (Å²) in [6.07, 6.45) is 0. The third kappa shape index (κ3) is 3.79. The van der Waals surface area contributed by atoms with Crippen molar-refractivity contribution in [1.82, 2.24) is 15.0 Å². The van der Waals surface area contributed by atoms with Gasteiger partial charge in [0, 0.05) is 24.4 Å². The van der Waals surface area contributed by atoms with Gasteiger partial charge < -0.3 is 5.32 Å². The van der Waals surface area contributed by atoms with Crippen molar-refractivity contribution in [2.75, 3.05) is 11.9 Å². The number of anilines is 1. The number of para-hydroxylation sites is 1. The Morgan fingerprint density at radius 1 is 1.24 bits per heavy atom. The van der Waals surface area contributed by atoms with Crippen molar-refractivity contribution in [2.24, 2.45) is 10.9 Å². The van der Waals surface area contributed by atoms with Crippen LogP contribution in [0.5, 0.6) is 0 Å². The molecule has 1 heterocycles. The van der Waals surface area contributed by atoms with Gasteiger partial charge in [0.15, 0.2) is 0 Å². The quantitative estimate of drug-likeness (QED) is 0.340. The van der Waals surface area contributed by atoms with E-state index in [2.05, 4.69) is 34.5 Å². The van der Waals surface area contributed by atoms with Gasteiger partial charge in [0.2, 0.25) is 5.96 Å². The van der Waals surface area contributed by atoms with Crippen LogP contribution in [0.2, 0.25) is 0 Å². The molecule has 3 aromatic rings. The molecule has 3 rings (SSSR count). The van der Waals surface area contributed by atoms with Crippen LogP contribution in [0.15, 0.2) is 53.5 Å². The highest BCUT2D eigenvalue weighted by Crippen LogP contribution is 2.17. The van der Waals surface area contributed by atoms with E-state index < -0.39 is 4.92 Å². The average molecular weight is 338 g/mol. The number of aromatic nitrogens is 3. The van der Waals surface area contributed by atoms with Gasteiger partial charge in [-0.25, -0.2) is 0 Å². The molecule has 0 amide bonds. The number of hydrogen-bond acceptors (Lipinski definition) is 5. The maximum absolute atomic E-state index is 10.8. The molecule has 1 N–H and O–H groups in total. The lowest BCUT2D eigenvalue weighted by Crippen LogP contribution is -2.24. The van der Waals surface area contributed by atoms with Gasteiger partial charge in [-0.1, -0.05) is 31.2 Å². The fraction of sp³-hybridized carbons (Fsp3) is 0.235. The van der Waals surface area contributed by atoms with E-state index in [0.29, 0.717) is 24.1 Å². The molecular formula is C17H18N6O2. The van der Waals surface area contributed by atoms with Crippen LogP contribution >= 0.6 is 0 Å². The molecule has 0 unspecified atom stereocenters. The smallest absolute Gasteiger partial charge is 0.269 e. The van der Waals surface area contributed by atoms with Crippen LogP contribution in [0.4, 0.5) is 11.4 Å². The maximum Gasteiger partial charge on any atom is 0.269 e. The van der Waals surface area contributed by atoms with Gasteiger partial charge in [-0.05, 0) is 30.2 Å². The first-order chi connectivity index (χ1) is 12.0. The summed E-state index contributed by atoms with van der Waals surface area (Å²) in [6.45, 7) is 4.77. The molecule has 2 aromatic carbocycles. The number of nitrogens with zero attached hydrogens (tertiary/aromatic N) is 5. The summed E-state index contributed by atoms with van der Waals surface area (Å²) < 4.78 is 1.64. The number of nitrogens with one attached hydrogen (secondary N) is 1. The van der Waals surface area contributed by atoms with Gasteiger partial charge in [0.25, 0.3) is 5.69 Å². The first-order valence-electron chi connectivity index (χ1n) is 7.91. The summed E-state index contributed by atoms with van der Waals surface area (Å²) in [5, 5.41) is 22.3. The standard InChI is InChI=1S/C17H18N6O2/c1-12(2)11-18-17(19-13-7-9-14(10-8-13)23(24)25)22-16-6-4-3-5-15(16)20-21-22/h3-10,12H,11H2,1-2H3,(H,18,19). The lowest BCUT2D eigenvalue weighted by molar-refractivity contribution is -0.384. The van der Waals surface area contributed by atoms with Crippen LogP contribution in [0.3, 0.4) is 0 Å². The number of fused-ring (bicyclic) bond motifs is 1. The normalized spacial score (nSPS) is 11.9. The van der Waals surface area contributed by atoms with Crippen molar-refractivity contribution >= 4 is 28.4 Å². The molecule has 0 atom stereocenters. The second-order valence-corrected chi connectivity index (χ2v) is 5.98. The van der Waals surface area contributed by atoms with E-state index in [9.17, 15) is 10.1 Å². The Kier molecular flexibility index (Phi) is 4.69. The van der Waals surface area contributed by atoms with Gasteiger partial charge in [0.1, 0.15) is 5.52 Å². The predicted molar refractivity (Wildman–Crippen MR) is 96.8 cm³/mol. The Morgan fingerprint density at radius 3 is 2.64 bits per heavy atom. The first-order valence-corrected chi connectivity index (χ1v) is 7.91. The third-order valence-corrected chi connectivity index (χ3v) is 3.49. The average Bonchev–Trinajstić information content (AvgIpc) is 3.03. The van der Waals surface area contributed by atoms with Gasteiger partial charge in [-0.15, -0.1) is 5.10 Å². The number of non-ortho nitro benzene ring substituents is 1. The molecule has 128 valence electrons. The van der Waals surface area contributed by atoms with Crippen molar-refractivity contribution < 1.29 is 4.92 Å². The van der Waals surface area contributed by atoms with Crippen LogP contribution in [0, 0.1) is 16.0 Å². The molecule has 8 nitrogen and oxygen atoms in total. The summed E-state index contributed by atoms with van der Waals surface area (Å²) in [5.41, 5.74) is 2.33. The van der Waals surface area contributed by atoms with E-state index in [-0.39, 0.29) is 5.69 Å². The number of aliphatic imine (C=N–C) groups is 1. The molecule has 0 saturated heterocycles. The SMILES string of the molecule is CC(C)CN=C(Nc1ccc([N+](=O)[O-])cc1)n1nnc2ccccc21. The Balaban J connectivity index is 1.95. The zero-order chi connectivity index (χ0) is 17.8. The van der Waals surface area contributed by atoms with Crippen molar-refractivity contribution in [3.63, 3.8) is 0 Å². The highest BCUT2D eigenvalue weighted by molar-refractivity contribution is 5.99. The fourth-order valence-corrected chi connectivity index (χ4v) is 2.25. The largest absolute Gasteiger partial charge is 0.324 e. The van der Waals surface area contributed by atoms with Gasteiger partial charge >= 0.3 is 0 Å². The van der Waals surface area contributed by atoms with Crippen LogP contribution < -0.4 is 5.32 Å². The number of hydrogen-bond donors (Lipinski definition) is 1. The molecule has 0 spiro atoms. The highest BCUT2D eigenvalue weighted by atomic mass is 16.6. The lowest BCUT2D eigenvalue weighted by Gasteiger charge is -2.11. The van der Waals surface area contributed by atoms with Crippen LogP contribution in [0.25, 0.3) is 11.0 Å². The molecule has 0 bridgehead atoms. The van der Waals surface area contributed by atoms with Crippen molar-refractivity contribution in [3.05, 3.63) is 58.6 Å². The summed E-state index contributed by atoms with van der Waals surface area (Å²) in [6, 6.07) is 13.8. The Hall–Kier alpha value is -3.29. The third-order valence-electron chi connectivity index (χ3n) is 3.49. The summed E-state index contributed by atoms with van der Waals surface area (Å²) in [7, 11) is 0. The Bertz CT molecular complexity index is 914. The van der Waals surface area contributed by atoms with E-state index in [1.807, 2.05) is 24.3 Å². The number of benzene rings is 2. The van der Waals surface area contributed by atoms with E-state index in [4.69, 9.17) is 0 Å². The van der Waals surface area contributed by atoms with Crippen molar-refractivity contribution in [3.8, 4) is 0 Å². The summed E-state index contributed by atoms with van der Waals surface area (Å²) >= 11 is 0. The first kappa shape index (κ1) is 16.6. The topological polar surface area (TPSA) is 98.2 Å². The molecule has 0 saturated carbocycles. The second kappa shape index (κ2) is 7.08. The van der Waals surface area contributed by atoms with Gasteiger partial charge in [-0.2, -0.15) is 4.68 Å². The number of rotatable bonds is 4. The molecule has 0 aliphatic heterocycles. The molecule has 0 radical (unpaired) electrons. The molecule has 1 aromatic heterocycles. The Morgan fingerprint density at radius 2 is 1.96 bits per heavy atom. The highest BCUT2D eigenvalue weighted by Gasteiger charge is 2.12. The number of nitro benzene ring substituents is 1. The van der Waals surface area contributed by atoms with Crippen LogP contribution in [0.1, 0.15) is 13.8 Å². The number of nitro groups is 1. The Labute approximate surface area is 144 Å². The maximum atomic E-state index is 10.8. The molecule has 8 heteroatoms. The molecule has 0 aliphatic rings. The van der Waals surface area contributed by atoms with E-state index >= 15 is 0 Å². The van der Waals surface area contributed by atoms with Crippen LogP contribution in [-0.2, 0) is 0 Å². The fourth-order valence-electron chi connectivity index (χ4n) is 2.25. The van der Waals surface area contributed by atoms with Crippen LogP contribution in [-0.4, -0.2) is 32.4 Å². The summed E-state index contributed by atoms with van der Waals surface area (Å²) in [4.78, 5) is 15.0. The van der Waals surface area contributed by atoms with E-state index in [1.54, 1.807) is 16.8 Å².